The van der Waals surface area contributed by atoms with E-state index in [4.69, 9.17) is 0 Å². The predicted molar refractivity (Wildman–Crippen MR) is 110 cm³/mol. The number of carbonyl (C=O) groups excluding carboxylic acids is 1. The van der Waals surface area contributed by atoms with Gasteiger partial charge in [0.05, 0.1) is 17.0 Å². The van der Waals surface area contributed by atoms with Crippen LogP contribution in [0.15, 0.2) is 35.8 Å². The van der Waals surface area contributed by atoms with E-state index >= 15 is 0 Å². The van der Waals surface area contributed by atoms with E-state index in [-0.39, 0.29) is 0 Å². The average molecular weight is 351 g/mol. The monoisotopic (exact) mass is 351 g/mol. The summed E-state index contributed by atoms with van der Waals surface area (Å²) in [5, 5.41) is 2.07. The lowest BCUT2D eigenvalue weighted by Crippen LogP contribution is -2.31. The van der Waals surface area contributed by atoms with Crippen LogP contribution >= 0.6 is 0 Å². The number of rotatable bonds is 6. The minimum absolute atomic E-state index is 0.718. The summed E-state index contributed by atoms with van der Waals surface area (Å²) in [6.45, 7) is 8.46. The van der Waals surface area contributed by atoms with Gasteiger partial charge in [-0.2, -0.15) is 0 Å². The third kappa shape index (κ3) is 3.96. The maximum atomic E-state index is 11.1. The number of aldehydes is 1. The van der Waals surface area contributed by atoms with Crippen LogP contribution in [-0.4, -0.2) is 22.9 Å². The molecule has 138 valence electrons. The molecule has 0 bridgehead atoms. The topological polar surface area (TPSA) is 38.1 Å². The van der Waals surface area contributed by atoms with Crippen LogP contribution in [-0.2, 0) is 13.5 Å². The van der Waals surface area contributed by atoms with Gasteiger partial charge in [-0.25, -0.2) is 4.98 Å². The number of allylic oxidation sites excluding steroid dienone is 2. The van der Waals surface area contributed by atoms with E-state index < -0.39 is 0 Å². The highest BCUT2D eigenvalue weighted by Gasteiger charge is 2.13. The van der Waals surface area contributed by atoms with Crippen molar-refractivity contribution in [2.75, 3.05) is 11.9 Å². The van der Waals surface area contributed by atoms with Gasteiger partial charge < -0.3 is 9.47 Å². The Morgan fingerprint density at radius 3 is 2.62 bits per heavy atom. The van der Waals surface area contributed by atoms with E-state index in [9.17, 15) is 4.79 Å². The number of nitrogens with zero attached hydrogens (tertiary/aromatic N) is 3. The summed E-state index contributed by atoms with van der Waals surface area (Å²) in [5.41, 5.74) is 5.47. The molecule has 1 heterocycles. The molecule has 4 heteroatoms. The van der Waals surface area contributed by atoms with Crippen molar-refractivity contribution in [2.45, 2.75) is 40.5 Å². The molecule has 4 nitrogen and oxygen atoms in total. The lowest BCUT2D eigenvalue weighted by Gasteiger charge is -2.25. The first kappa shape index (κ1) is 19.7. The van der Waals surface area contributed by atoms with Crippen LogP contribution in [0.5, 0.6) is 0 Å². The van der Waals surface area contributed by atoms with Crippen LogP contribution in [0.25, 0.3) is 12.2 Å². The SMILES string of the molecule is CC=c1ncn(C)c1=CC(=C(C)CC)N(C)c1ccc(C=O)cc1CC. The molecule has 0 fully saturated rings. The molecule has 0 radical (unpaired) electrons. The number of imidazole rings is 1. The Kier molecular flexibility index (Phi) is 6.56. The van der Waals surface area contributed by atoms with Gasteiger partial charge >= 0.3 is 0 Å². The highest BCUT2D eigenvalue weighted by Crippen LogP contribution is 2.27. The summed E-state index contributed by atoms with van der Waals surface area (Å²) in [6.07, 6.45) is 8.82. The molecule has 1 aromatic carbocycles. The lowest BCUT2D eigenvalue weighted by molar-refractivity contribution is 0.112. The Morgan fingerprint density at radius 1 is 1.31 bits per heavy atom. The quantitative estimate of drug-likeness (QED) is 0.750. The van der Waals surface area contributed by atoms with E-state index in [0.29, 0.717) is 0 Å². The van der Waals surface area contributed by atoms with Gasteiger partial charge in [0.1, 0.15) is 6.29 Å². The first-order chi connectivity index (χ1) is 12.5. The van der Waals surface area contributed by atoms with Gasteiger partial charge in [0.25, 0.3) is 0 Å². The first-order valence-corrected chi connectivity index (χ1v) is 9.13. The van der Waals surface area contributed by atoms with Crippen LogP contribution in [0.4, 0.5) is 5.69 Å². The molecule has 0 spiro atoms. The zero-order chi connectivity index (χ0) is 19.3. The van der Waals surface area contributed by atoms with E-state index in [1.165, 1.54) is 11.1 Å². The van der Waals surface area contributed by atoms with Crippen molar-refractivity contribution in [3.63, 3.8) is 0 Å². The number of aryl methyl sites for hydroxylation is 2. The number of anilines is 1. The van der Waals surface area contributed by atoms with Crippen LogP contribution in [0.2, 0.25) is 0 Å². The molecule has 0 atom stereocenters. The smallest absolute Gasteiger partial charge is 0.150 e. The fourth-order valence-electron chi connectivity index (χ4n) is 3.09. The molecular formula is C22H29N3O. The predicted octanol–water partition coefficient (Wildman–Crippen LogP) is 3.20. The van der Waals surface area contributed by atoms with Gasteiger partial charge in [-0.1, -0.05) is 19.9 Å². The fourth-order valence-corrected chi connectivity index (χ4v) is 3.09. The maximum Gasteiger partial charge on any atom is 0.150 e. The molecule has 0 saturated carbocycles. The molecular weight excluding hydrogens is 322 g/mol. The van der Waals surface area contributed by atoms with Crippen LogP contribution < -0.4 is 15.6 Å². The van der Waals surface area contributed by atoms with Gasteiger partial charge in [-0.3, -0.25) is 4.79 Å². The lowest BCUT2D eigenvalue weighted by atomic mass is 10.0. The fraction of sp³-hybridized carbons (Fsp3) is 0.364. The summed E-state index contributed by atoms with van der Waals surface area (Å²) in [6, 6.07) is 5.90. The van der Waals surface area contributed by atoms with Gasteiger partial charge in [0, 0.05) is 31.0 Å². The summed E-state index contributed by atoms with van der Waals surface area (Å²) in [5.74, 6) is 0. The molecule has 0 N–H and O–H groups in total. The summed E-state index contributed by atoms with van der Waals surface area (Å²) >= 11 is 0. The Morgan fingerprint density at radius 2 is 2.04 bits per heavy atom. The van der Waals surface area contributed by atoms with Crippen LogP contribution in [0, 0.1) is 0 Å². The van der Waals surface area contributed by atoms with E-state index in [2.05, 4.69) is 43.8 Å². The van der Waals surface area contributed by atoms with E-state index in [1.54, 1.807) is 0 Å². The molecule has 2 aromatic rings. The van der Waals surface area contributed by atoms with Crippen molar-refractivity contribution in [3.8, 4) is 0 Å². The van der Waals surface area contributed by atoms with Crippen molar-refractivity contribution >= 4 is 24.1 Å². The highest BCUT2D eigenvalue weighted by molar-refractivity contribution is 5.78. The Hall–Kier alpha value is -2.62. The summed E-state index contributed by atoms with van der Waals surface area (Å²) in [7, 11) is 4.10. The number of aromatic nitrogens is 2. The first-order valence-electron chi connectivity index (χ1n) is 9.13. The van der Waals surface area contributed by atoms with Crippen LogP contribution in [0.3, 0.4) is 0 Å². The molecule has 0 unspecified atom stereocenters. The second-order valence-corrected chi connectivity index (χ2v) is 6.50. The Bertz CT molecular complexity index is 935. The zero-order valence-corrected chi connectivity index (χ0v) is 16.7. The minimum Gasteiger partial charge on any atom is -0.344 e. The third-order valence-corrected chi connectivity index (χ3v) is 4.87. The van der Waals surface area contributed by atoms with Gasteiger partial charge in [0.2, 0.25) is 0 Å². The summed E-state index contributed by atoms with van der Waals surface area (Å²) < 4.78 is 2.04. The molecule has 0 amide bonds. The number of hydrogen-bond acceptors (Lipinski definition) is 3. The van der Waals surface area contributed by atoms with Crippen molar-refractivity contribution in [2.24, 2.45) is 7.05 Å². The van der Waals surface area contributed by atoms with Gasteiger partial charge in [-0.15, -0.1) is 0 Å². The Labute approximate surface area is 156 Å². The molecule has 1 aromatic heterocycles. The van der Waals surface area contributed by atoms with Crippen molar-refractivity contribution in [1.82, 2.24) is 9.55 Å². The standard InChI is InChI=1S/C22H29N3O/c1-7-16(4)21(13-22-19(9-3)23-15-24(22)5)25(6)20-11-10-17(14-26)12-18(20)8-2/h9-15H,7-8H2,1-6H3. The molecule has 0 saturated heterocycles. The Balaban J connectivity index is 2.67. The highest BCUT2D eigenvalue weighted by atomic mass is 16.1. The largest absolute Gasteiger partial charge is 0.344 e. The molecule has 26 heavy (non-hydrogen) atoms. The van der Waals surface area contributed by atoms with E-state index in [0.717, 1.165) is 46.8 Å². The second-order valence-electron chi connectivity index (χ2n) is 6.50. The number of benzene rings is 1. The molecule has 0 aliphatic rings. The molecule has 2 rings (SSSR count). The number of hydrogen-bond donors (Lipinski definition) is 0. The second kappa shape index (κ2) is 8.65. The van der Waals surface area contributed by atoms with Crippen molar-refractivity contribution in [3.05, 3.63) is 57.6 Å². The van der Waals surface area contributed by atoms with Gasteiger partial charge in [0.15, 0.2) is 0 Å². The molecule has 0 aliphatic carbocycles. The third-order valence-electron chi connectivity index (χ3n) is 4.87. The zero-order valence-electron chi connectivity index (χ0n) is 16.7. The number of carbonyl (C=O) groups is 1. The van der Waals surface area contributed by atoms with Crippen molar-refractivity contribution in [1.29, 1.82) is 0 Å². The van der Waals surface area contributed by atoms with Crippen molar-refractivity contribution < 1.29 is 4.79 Å². The average Bonchev–Trinajstić information content (AvgIpc) is 3.03. The molecule has 0 aliphatic heterocycles. The maximum absolute atomic E-state index is 11.1. The van der Waals surface area contributed by atoms with Gasteiger partial charge in [-0.05, 0) is 62.1 Å². The normalized spacial score (nSPS) is 13.8. The summed E-state index contributed by atoms with van der Waals surface area (Å²) in [4.78, 5) is 17.8. The van der Waals surface area contributed by atoms with E-state index in [1.807, 2.05) is 49.1 Å². The minimum atomic E-state index is 0.718. The van der Waals surface area contributed by atoms with Crippen LogP contribution in [0.1, 0.15) is 50.0 Å².